The zero-order valence-electron chi connectivity index (χ0n) is 7.43. The fourth-order valence-corrected chi connectivity index (χ4v) is 3.76. The van der Waals surface area contributed by atoms with Crippen LogP contribution in [0.1, 0.15) is 4.88 Å². The Balaban J connectivity index is 2.83. The van der Waals surface area contributed by atoms with Gasteiger partial charge in [-0.05, 0) is 54.0 Å². The third kappa shape index (κ3) is 1.74. The second kappa shape index (κ2) is 3.79. The molecule has 1 heterocycles. The molecule has 1 aromatic heterocycles. The van der Waals surface area contributed by atoms with Crippen LogP contribution in [0, 0.1) is 10.5 Å². The van der Waals surface area contributed by atoms with Gasteiger partial charge in [0.25, 0.3) is 0 Å². The van der Waals surface area contributed by atoms with E-state index in [1.807, 2.05) is 23.1 Å². The summed E-state index contributed by atoms with van der Waals surface area (Å²) in [5.41, 5.74) is 0. The smallest absolute Gasteiger partial charge is 0.0490 e. The van der Waals surface area contributed by atoms with Crippen LogP contribution >= 0.6 is 45.7 Å². The lowest BCUT2D eigenvalue weighted by Gasteiger charge is -1.99. The summed E-state index contributed by atoms with van der Waals surface area (Å²) < 4.78 is 2.80. The molecule has 0 aliphatic heterocycles. The second-order valence-electron chi connectivity index (χ2n) is 2.85. The van der Waals surface area contributed by atoms with Crippen LogP contribution in [-0.2, 0) is 0 Å². The summed E-state index contributed by atoms with van der Waals surface area (Å²) in [6.45, 7) is 2.17. The molecule has 0 bridgehead atoms. The predicted molar refractivity (Wildman–Crippen MR) is 71.1 cm³/mol. The molecule has 0 aliphatic carbocycles. The molecule has 0 atom stereocenters. The van der Waals surface area contributed by atoms with Gasteiger partial charge < -0.3 is 0 Å². The lowest BCUT2D eigenvalue weighted by molar-refractivity contribution is 1.54. The highest BCUT2D eigenvalue weighted by molar-refractivity contribution is 14.1. The minimum absolute atomic E-state index is 1.36. The molecule has 2 aromatic rings. The summed E-state index contributed by atoms with van der Waals surface area (Å²) in [6.07, 6.45) is 2.13. The Hall–Kier alpha value is 0.260. The van der Waals surface area contributed by atoms with Crippen molar-refractivity contribution in [2.75, 3.05) is 6.26 Å². The van der Waals surface area contributed by atoms with Crippen LogP contribution in [0.25, 0.3) is 10.1 Å². The molecule has 0 unspecified atom stereocenters. The first-order chi connectivity index (χ1) is 6.22. The van der Waals surface area contributed by atoms with Gasteiger partial charge in [0.1, 0.15) is 0 Å². The topological polar surface area (TPSA) is 0 Å². The van der Waals surface area contributed by atoms with Crippen LogP contribution < -0.4 is 0 Å². The summed E-state index contributed by atoms with van der Waals surface area (Å²) in [5.74, 6) is 0. The number of benzene rings is 1. The van der Waals surface area contributed by atoms with Gasteiger partial charge in [0.05, 0.1) is 0 Å². The van der Waals surface area contributed by atoms with Gasteiger partial charge in [0.15, 0.2) is 0 Å². The summed E-state index contributed by atoms with van der Waals surface area (Å²) in [4.78, 5) is 2.79. The van der Waals surface area contributed by atoms with E-state index in [4.69, 9.17) is 0 Å². The van der Waals surface area contributed by atoms with Crippen LogP contribution in [0.15, 0.2) is 23.1 Å². The minimum Gasteiger partial charge on any atom is -0.139 e. The predicted octanol–water partition coefficient (Wildman–Crippen LogP) is 4.54. The number of thiophene rings is 1. The van der Waals surface area contributed by atoms with Gasteiger partial charge in [-0.2, -0.15) is 0 Å². The number of aryl methyl sites for hydroxylation is 1. The molecule has 0 N–H and O–H groups in total. The van der Waals surface area contributed by atoms with Gasteiger partial charge in [-0.1, -0.05) is 0 Å². The van der Waals surface area contributed by atoms with Crippen LogP contribution in [0.2, 0.25) is 0 Å². The first-order valence-corrected chi connectivity index (χ1v) is 7.07. The van der Waals surface area contributed by atoms with Crippen molar-refractivity contribution in [1.29, 1.82) is 0 Å². The van der Waals surface area contributed by atoms with Crippen molar-refractivity contribution in [3.8, 4) is 0 Å². The van der Waals surface area contributed by atoms with Crippen molar-refractivity contribution in [1.82, 2.24) is 0 Å². The molecular weight excluding hydrogens is 311 g/mol. The van der Waals surface area contributed by atoms with E-state index in [0.29, 0.717) is 0 Å². The quantitative estimate of drug-likeness (QED) is 0.549. The Morgan fingerprint density at radius 3 is 2.85 bits per heavy atom. The van der Waals surface area contributed by atoms with E-state index in [1.54, 1.807) is 0 Å². The molecule has 68 valence electrons. The zero-order chi connectivity index (χ0) is 9.42. The van der Waals surface area contributed by atoms with Crippen molar-refractivity contribution < 1.29 is 0 Å². The number of halogens is 1. The Kier molecular flexibility index (Phi) is 2.86. The molecule has 0 nitrogen and oxygen atoms in total. The minimum atomic E-state index is 1.36. The standard InChI is InChI=1S/C10H9IS2/c1-6-5-7-9(12-2)4-3-8(11)10(7)13-6/h3-5H,1-2H3. The normalized spacial score (nSPS) is 11.0. The number of hydrogen-bond donors (Lipinski definition) is 0. The Bertz CT molecular complexity index is 445. The highest BCUT2D eigenvalue weighted by Crippen LogP contribution is 2.35. The third-order valence-electron chi connectivity index (χ3n) is 1.94. The van der Waals surface area contributed by atoms with Crippen LogP contribution in [-0.4, -0.2) is 6.26 Å². The first-order valence-electron chi connectivity index (χ1n) is 3.95. The largest absolute Gasteiger partial charge is 0.139 e. The number of fused-ring (bicyclic) bond motifs is 1. The van der Waals surface area contributed by atoms with E-state index in [-0.39, 0.29) is 0 Å². The van der Waals surface area contributed by atoms with E-state index >= 15 is 0 Å². The van der Waals surface area contributed by atoms with E-state index in [2.05, 4.69) is 54.0 Å². The van der Waals surface area contributed by atoms with Crippen molar-refractivity contribution in [3.05, 3.63) is 26.6 Å². The molecule has 0 aliphatic rings. The molecule has 1 aromatic carbocycles. The van der Waals surface area contributed by atoms with E-state index in [0.717, 1.165) is 0 Å². The maximum Gasteiger partial charge on any atom is 0.0490 e. The van der Waals surface area contributed by atoms with Gasteiger partial charge in [-0.3, -0.25) is 0 Å². The lowest BCUT2D eigenvalue weighted by Crippen LogP contribution is -1.74. The van der Waals surface area contributed by atoms with Crippen molar-refractivity contribution in [2.24, 2.45) is 0 Å². The number of rotatable bonds is 1. The van der Waals surface area contributed by atoms with Gasteiger partial charge in [-0.25, -0.2) is 0 Å². The fraction of sp³-hybridized carbons (Fsp3) is 0.200. The van der Waals surface area contributed by atoms with E-state index in [1.165, 1.54) is 23.4 Å². The molecule has 0 fully saturated rings. The van der Waals surface area contributed by atoms with Gasteiger partial charge in [0, 0.05) is 23.4 Å². The van der Waals surface area contributed by atoms with Crippen LogP contribution in [0.3, 0.4) is 0 Å². The van der Waals surface area contributed by atoms with E-state index < -0.39 is 0 Å². The molecule has 0 saturated heterocycles. The third-order valence-corrected chi connectivity index (χ3v) is 5.08. The summed E-state index contributed by atoms with van der Waals surface area (Å²) in [7, 11) is 0. The van der Waals surface area contributed by atoms with E-state index in [9.17, 15) is 0 Å². The summed E-state index contributed by atoms with van der Waals surface area (Å²) in [5, 5.41) is 1.42. The second-order valence-corrected chi connectivity index (χ2v) is 6.12. The molecule has 0 saturated carbocycles. The molecule has 0 amide bonds. The zero-order valence-corrected chi connectivity index (χ0v) is 11.2. The first kappa shape index (κ1) is 9.80. The van der Waals surface area contributed by atoms with Gasteiger partial charge >= 0.3 is 0 Å². The van der Waals surface area contributed by atoms with Crippen molar-refractivity contribution in [2.45, 2.75) is 11.8 Å². The highest BCUT2D eigenvalue weighted by atomic mass is 127. The molecule has 0 spiro atoms. The van der Waals surface area contributed by atoms with Crippen molar-refractivity contribution >= 4 is 55.8 Å². The average molecular weight is 320 g/mol. The Morgan fingerprint density at radius 2 is 2.15 bits per heavy atom. The van der Waals surface area contributed by atoms with Crippen LogP contribution in [0.5, 0.6) is 0 Å². The van der Waals surface area contributed by atoms with Gasteiger partial charge in [0.2, 0.25) is 0 Å². The molecule has 2 rings (SSSR count). The highest BCUT2D eigenvalue weighted by Gasteiger charge is 2.06. The molecular formula is C10H9IS2. The maximum absolute atomic E-state index is 2.41. The summed E-state index contributed by atoms with van der Waals surface area (Å²) in [6, 6.07) is 6.69. The van der Waals surface area contributed by atoms with Crippen molar-refractivity contribution in [3.63, 3.8) is 0 Å². The SMILES string of the molecule is CSc1ccc(I)c2sc(C)cc12. The molecule has 3 heteroatoms. The Labute approximate surface area is 99.9 Å². The lowest BCUT2D eigenvalue weighted by atomic mass is 10.2. The number of thioether (sulfide) groups is 1. The van der Waals surface area contributed by atoms with Gasteiger partial charge in [-0.15, -0.1) is 23.1 Å². The molecule has 0 radical (unpaired) electrons. The summed E-state index contributed by atoms with van der Waals surface area (Å²) >= 11 is 6.12. The fourth-order valence-electron chi connectivity index (χ4n) is 1.37. The van der Waals surface area contributed by atoms with Crippen LogP contribution in [0.4, 0.5) is 0 Å². The average Bonchev–Trinajstić information content (AvgIpc) is 2.48. The number of hydrogen-bond acceptors (Lipinski definition) is 2. The maximum atomic E-state index is 2.41. The Morgan fingerprint density at radius 1 is 1.38 bits per heavy atom. The monoisotopic (exact) mass is 320 g/mol. The molecule has 13 heavy (non-hydrogen) atoms.